The lowest BCUT2D eigenvalue weighted by Crippen LogP contribution is -3.00. The van der Waals surface area contributed by atoms with E-state index in [4.69, 9.17) is 5.10 Å². The van der Waals surface area contributed by atoms with E-state index in [9.17, 15) is 0 Å². The molecule has 1 N–H and O–H groups in total. The molecule has 0 fully saturated rings. The van der Waals surface area contributed by atoms with Crippen LogP contribution in [0.3, 0.4) is 0 Å². The summed E-state index contributed by atoms with van der Waals surface area (Å²) < 4.78 is 4.51. The summed E-state index contributed by atoms with van der Waals surface area (Å²) in [4.78, 5) is 0. The van der Waals surface area contributed by atoms with Crippen molar-refractivity contribution in [1.82, 2.24) is 9.77 Å². The SMILES string of the molecule is CCCCc1n[n+](CCCC)c(CCCC)n1NCC.[Br-]. The summed E-state index contributed by atoms with van der Waals surface area (Å²) in [6.07, 6.45) is 9.51. The Morgan fingerprint density at radius 2 is 1.57 bits per heavy atom. The van der Waals surface area contributed by atoms with E-state index >= 15 is 0 Å². The van der Waals surface area contributed by atoms with Gasteiger partial charge in [-0.15, -0.1) is 9.36 Å². The van der Waals surface area contributed by atoms with Crippen molar-refractivity contribution in [2.75, 3.05) is 12.0 Å². The van der Waals surface area contributed by atoms with Crippen LogP contribution in [-0.4, -0.2) is 16.3 Å². The molecule has 0 spiro atoms. The summed E-state index contributed by atoms with van der Waals surface area (Å²) in [5, 5.41) is 4.87. The average molecular weight is 361 g/mol. The number of nitrogens with zero attached hydrogens (tertiary/aromatic N) is 3. The molecule has 0 aliphatic heterocycles. The summed E-state index contributed by atoms with van der Waals surface area (Å²) in [5.41, 5.74) is 3.49. The molecule has 1 aromatic heterocycles. The fraction of sp³-hybridized carbons (Fsp3) is 0.875. The standard InChI is InChI=1S/C16H33N4.BrH/c1-5-9-12-15-18-19(14-11-7-3)16(13-10-6-2)20(15)17-8-4;/h17H,5-14H2,1-4H3;1H/q+1;/p-1. The van der Waals surface area contributed by atoms with Crippen molar-refractivity contribution in [2.24, 2.45) is 0 Å². The smallest absolute Gasteiger partial charge is 0.302 e. The fourth-order valence-corrected chi connectivity index (χ4v) is 2.41. The van der Waals surface area contributed by atoms with Crippen LogP contribution in [0.15, 0.2) is 0 Å². The van der Waals surface area contributed by atoms with E-state index in [2.05, 4.69) is 42.5 Å². The summed E-state index contributed by atoms with van der Waals surface area (Å²) in [6.45, 7) is 10.9. The van der Waals surface area contributed by atoms with Crippen LogP contribution in [0.4, 0.5) is 0 Å². The molecular formula is C16H33BrN4. The molecule has 0 saturated carbocycles. The van der Waals surface area contributed by atoms with Crippen LogP contribution in [0.1, 0.15) is 77.9 Å². The molecule has 0 aliphatic carbocycles. The van der Waals surface area contributed by atoms with Crippen LogP contribution in [0, 0.1) is 0 Å². The molecule has 0 atom stereocenters. The summed E-state index contributed by atoms with van der Waals surface area (Å²) >= 11 is 0. The number of halogens is 1. The van der Waals surface area contributed by atoms with Gasteiger partial charge in [-0.2, -0.15) is 0 Å². The predicted molar refractivity (Wildman–Crippen MR) is 84.5 cm³/mol. The van der Waals surface area contributed by atoms with E-state index in [0.717, 1.165) is 25.9 Å². The first-order valence-corrected chi connectivity index (χ1v) is 8.52. The van der Waals surface area contributed by atoms with Gasteiger partial charge < -0.3 is 17.0 Å². The van der Waals surface area contributed by atoms with E-state index in [-0.39, 0.29) is 17.0 Å². The van der Waals surface area contributed by atoms with Crippen molar-refractivity contribution in [1.29, 1.82) is 0 Å². The fourth-order valence-electron chi connectivity index (χ4n) is 2.41. The number of unbranched alkanes of at least 4 members (excludes halogenated alkanes) is 3. The molecule has 4 nitrogen and oxygen atoms in total. The zero-order valence-corrected chi connectivity index (χ0v) is 15.9. The van der Waals surface area contributed by atoms with Gasteiger partial charge in [0.25, 0.3) is 5.82 Å². The highest BCUT2D eigenvalue weighted by molar-refractivity contribution is 4.95. The molecular weight excluding hydrogens is 328 g/mol. The van der Waals surface area contributed by atoms with Gasteiger partial charge in [0, 0.05) is 13.0 Å². The van der Waals surface area contributed by atoms with Crippen LogP contribution in [0.5, 0.6) is 0 Å². The van der Waals surface area contributed by atoms with Gasteiger partial charge in [-0.1, -0.05) is 40.0 Å². The van der Waals surface area contributed by atoms with Crippen molar-refractivity contribution in [3.63, 3.8) is 0 Å². The lowest BCUT2D eigenvalue weighted by atomic mass is 10.2. The quantitative estimate of drug-likeness (QED) is 0.573. The first-order chi connectivity index (χ1) is 9.78. The van der Waals surface area contributed by atoms with Gasteiger partial charge in [0.05, 0.1) is 6.42 Å². The summed E-state index contributed by atoms with van der Waals surface area (Å²) in [7, 11) is 0. The number of rotatable bonds is 11. The molecule has 1 rings (SSSR count). The van der Waals surface area contributed by atoms with E-state index in [1.165, 1.54) is 50.2 Å². The number of aromatic nitrogens is 3. The molecule has 1 aromatic rings. The first kappa shape index (κ1) is 20.4. The Morgan fingerprint density at radius 3 is 2.14 bits per heavy atom. The molecule has 0 aliphatic rings. The maximum atomic E-state index is 4.87. The largest absolute Gasteiger partial charge is 1.00 e. The first-order valence-electron chi connectivity index (χ1n) is 8.52. The van der Waals surface area contributed by atoms with Crippen molar-refractivity contribution < 1.29 is 21.7 Å². The maximum absolute atomic E-state index is 4.87. The van der Waals surface area contributed by atoms with Gasteiger partial charge in [-0.05, 0) is 31.3 Å². The highest BCUT2D eigenvalue weighted by Crippen LogP contribution is 2.07. The van der Waals surface area contributed by atoms with Crippen LogP contribution >= 0.6 is 0 Å². The monoisotopic (exact) mass is 360 g/mol. The Morgan fingerprint density at radius 1 is 0.952 bits per heavy atom. The average Bonchev–Trinajstić information content (AvgIpc) is 2.78. The molecule has 0 saturated heterocycles. The molecule has 0 amide bonds. The topological polar surface area (TPSA) is 33.7 Å². The van der Waals surface area contributed by atoms with Crippen molar-refractivity contribution >= 4 is 0 Å². The van der Waals surface area contributed by atoms with Gasteiger partial charge in [-0.3, -0.25) is 5.43 Å². The maximum Gasteiger partial charge on any atom is 0.302 e. The molecule has 21 heavy (non-hydrogen) atoms. The van der Waals surface area contributed by atoms with Crippen molar-refractivity contribution in [2.45, 2.75) is 85.6 Å². The number of aryl methyl sites for hydroxylation is 2. The molecule has 0 unspecified atom stereocenters. The zero-order valence-electron chi connectivity index (χ0n) is 14.3. The Kier molecular flexibility index (Phi) is 11.7. The lowest BCUT2D eigenvalue weighted by molar-refractivity contribution is -0.759. The van der Waals surface area contributed by atoms with Gasteiger partial charge in [0.2, 0.25) is 0 Å². The Balaban J connectivity index is 0.00000400. The van der Waals surface area contributed by atoms with E-state index in [0.29, 0.717) is 0 Å². The van der Waals surface area contributed by atoms with Gasteiger partial charge >= 0.3 is 5.82 Å². The highest BCUT2D eigenvalue weighted by Gasteiger charge is 2.24. The summed E-state index contributed by atoms with van der Waals surface area (Å²) in [6, 6.07) is 0. The van der Waals surface area contributed by atoms with Crippen LogP contribution in [0.2, 0.25) is 0 Å². The van der Waals surface area contributed by atoms with Crippen LogP contribution in [0.25, 0.3) is 0 Å². The highest BCUT2D eigenvalue weighted by atomic mass is 79.9. The Hall–Kier alpha value is -0.580. The number of hydrogen-bond donors (Lipinski definition) is 1. The van der Waals surface area contributed by atoms with Crippen LogP contribution < -0.4 is 27.1 Å². The number of hydrogen-bond acceptors (Lipinski definition) is 2. The van der Waals surface area contributed by atoms with E-state index in [1.807, 2.05) is 0 Å². The minimum absolute atomic E-state index is 0. The molecule has 0 bridgehead atoms. The Bertz CT molecular complexity index is 377. The molecule has 0 radical (unpaired) electrons. The van der Waals surface area contributed by atoms with Crippen molar-refractivity contribution in [3.05, 3.63) is 11.6 Å². The Labute approximate surface area is 141 Å². The van der Waals surface area contributed by atoms with E-state index in [1.54, 1.807) is 0 Å². The minimum Gasteiger partial charge on any atom is -1.00 e. The normalized spacial score (nSPS) is 10.5. The predicted octanol–water partition coefficient (Wildman–Crippen LogP) is 0.223. The third-order valence-corrected chi connectivity index (χ3v) is 3.60. The second-order valence-corrected chi connectivity index (χ2v) is 5.46. The molecule has 5 heteroatoms. The third-order valence-electron chi connectivity index (χ3n) is 3.60. The number of nitrogens with one attached hydrogen (secondary N) is 1. The summed E-state index contributed by atoms with van der Waals surface area (Å²) in [5.74, 6) is 2.56. The van der Waals surface area contributed by atoms with E-state index < -0.39 is 0 Å². The van der Waals surface area contributed by atoms with Crippen molar-refractivity contribution in [3.8, 4) is 0 Å². The van der Waals surface area contributed by atoms with Gasteiger partial charge in [0.15, 0.2) is 0 Å². The van der Waals surface area contributed by atoms with Gasteiger partial charge in [0.1, 0.15) is 6.54 Å². The van der Waals surface area contributed by atoms with Crippen LogP contribution in [-0.2, 0) is 19.4 Å². The molecule has 124 valence electrons. The lowest BCUT2D eigenvalue weighted by Gasteiger charge is -2.04. The second-order valence-electron chi connectivity index (χ2n) is 5.46. The zero-order chi connectivity index (χ0) is 14.8. The second kappa shape index (κ2) is 12.0. The minimum atomic E-state index is 0. The third kappa shape index (κ3) is 6.37. The van der Waals surface area contributed by atoms with Gasteiger partial charge in [-0.25, -0.2) is 0 Å². The molecule has 1 heterocycles. The molecule has 0 aromatic carbocycles.